The summed E-state index contributed by atoms with van der Waals surface area (Å²) in [5, 5.41) is 2.95. The SMILES string of the molecule is CCn1c(=O)n(CC(=O)NC(C)c2cc(OC)ccc2OC)c2ccccc21. The molecule has 2 aromatic carbocycles. The summed E-state index contributed by atoms with van der Waals surface area (Å²) in [5.74, 6) is 1.09. The van der Waals surface area contributed by atoms with Crippen molar-refractivity contribution in [1.29, 1.82) is 0 Å². The Morgan fingerprint density at radius 2 is 1.75 bits per heavy atom. The molecule has 7 heteroatoms. The van der Waals surface area contributed by atoms with E-state index in [4.69, 9.17) is 9.47 Å². The topological polar surface area (TPSA) is 74.5 Å². The summed E-state index contributed by atoms with van der Waals surface area (Å²) in [6.07, 6.45) is 0. The molecule has 0 fully saturated rings. The Bertz CT molecular complexity index is 1050. The normalized spacial score (nSPS) is 12.0. The zero-order valence-electron chi connectivity index (χ0n) is 16.6. The molecule has 7 nitrogen and oxygen atoms in total. The number of imidazole rings is 1. The van der Waals surface area contributed by atoms with Gasteiger partial charge in [-0.3, -0.25) is 13.9 Å². The van der Waals surface area contributed by atoms with E-state index >= 15 is 0 Å². The predicted molar refractivity (Wildman–Crippen MR) is 108 cm³/mol. The summed E-state index contributed by atoms with van der Waals surface area (Å²) in [4.78, 5) is 25.4. The second-order valence-electron chi connectivity index (χ2n) is 6.50. The van der Waals surface area contributed by atoms with Crippen LogP contribution >= 0.6 is 0 Å². The summed E-state index contributed by atoms with van der Waals surface area (Å²) >= 11 is 0. The molecule has 28 heavy (non-hydrogen) atoms. The van der Waals surface area contributed by atoms with Gasteiger partial charge in [-0.1, -0.05) is 12.1 Å². The number of hydrogen-bond acceptors (Lipinski definition) is 4. The summed E-state index contributed by atoms with van der Waals surface area (Å²) in [7, 11) is 3.17. The van der Waals surface area contributed by atoms with Gasteiger partial charge in [-0.25, -0.2) is 4.79 Å². The van der Waals surface area contributed by atoms with Crippen molar-refractivity contribution in [2.24, 2.45) is 0 Å². The van der Waals surface area contributed by atoms with Gasteiger partial charge in [-0.2, -0.15) is 0 Å². The molecule has 0 aliphatic heterocycles. The van der Waals surface area contributed by atoms with Crippen LogP contribution in [0.15, 0.2) is 47.3 Å². The molecule has 0 spiro atoms. The second-order valence-corrected chi connectivity index (χ2v) is 6.50. The van der Waals surface area contributed by atoms with E-state index in [1.807, 2.05) is 44.2 Å². The van der Waals surface area contributed by atoms with Crippen LogP contribution in [0, 0.1) is 0 Å². The first-order valence-corrected chi connectivity index (χ1v) is 9.19. The van der Waals surface area contributed by atoms with Crippen LogP contribution in [-0.2, 0) is 17.9 Å². The van der Waals surface area contributed by atoms with Crippen LogP contribution in [-0.4, -0.2) is 29.3 Å². The number of methoxy groups -OCH3 is 2. The minimum Gasteiger partial charge on any atom is -0.497 e. The molecule has 1 amide bonds. The number of benzene rings is 2. The maximum absolute atomic E-state index is 12.7. The number of rotatable bonds is 7. The highest BCUT2D eigenvalue weighted by atomic mass is 16.5. The van der Waals surface area contributed by atoms with Crippen LogP contribution in [0.1, 0.15) is 25.5 Å². The van der Waals surface area contributed by atoms with Crippen molar-refractivity contribution in [2.45, 2.75) is 33.0 Å². The monoisotopic (exact) mass is 383 g/mol. The molecule has 1 N–H and O–H groups in total. The minimum absolute atomic E-state index is 0.0526. The highest BCUT2D eigenvalue weighted by molar-refractivity contribution is 5.81. The van der Waals surface area contributed by atoms with E-state index in [-0.39, 0.29) is 24.2 Å². The Morgan fingerprint density at radius 3 is 2.36 bits per heavy atom. The number of para-hydroxylation sites is 2. The molecule has 0 aliphatic carbocycles. The summed E-state index contributed by atoms with van der Waals surface area (Å²) in [5.41, 5.74) is 2.19. The second kappa shape index (κ2) is 8.21. The smallest absolute Gasteiger partial charge is 0.329 e. The number of amides is 1. The van der Waals surface area contributed by atoms with Crippen molar-refractivity contribution < 1.29 is 14.3 Å². The van der Waals surface area contributed by atoms with Crippen molar-refractivity contribution in [3.05, 3.63) is 58.5 Å². The maximum Gasteiger partial charge on any atom is 0.329 e. The summed E-state index contributed by atoms with van der Waals surface area (Å²) in [6, 6.07) is 12.6. The third-order valence-corrected chi connectivity index (χ3v) is 4.82. The van der Waals surface area contributed by atoms with Crippen molar-refractivity contribution in [2.75, 3.05) is 14.2 Å². The molecular weight excluding hydrogens is 358 g/mol. The van der Waals surface area contributed by atoms with Gasteiger partial charge in [-0.05, 0) is 44.2 Å². The highest BCUT2D eigenvalue weighted by Crippen LogP contribution is 2.29. The number of carbonyl (C=O) groups excluding carboxylic acids is 1. The minimum atomic E-state index is -0.312. The van der Waals surface area contributed by atoms with Gasteiger partial charge >= 0.3 is 5.69 Å². The molecule has 1 atom stereocenters. The standard InChI is InChI=1S/C21H25N3O4/c1-5-23-17-8-6-7-9-18(17)24(21(23)26)13-20(25)22-14(2)16-12-15(27-3)10-11-19(16)28-4/h6-12,14H,5,13H2,1-4H3,(H,22,25). The van der Waals surface area contributed by atoms with E-state index in [2.05, 4.69) is 5.32 Å². The molecule has 3 aromatic rings. The highest BCUT2D eigenvalue weighted by Gasteiger charge is 2.18. The number of nitrogens with one attached hydrogen (secondary N) is 1. The van der Waals surface area contributed by atoms with Gasteiger partial charge in [0.25, 0.3) is 0 Å². The fraction of sp³-hybridized carbons (Fsp3) is 0.333. The first kappa shape index (κ1) is 19.5. The first-order chi connectivity index (χ1) is 13.5. The number of nitrogens with zero attached hydrogens (tertiary/aromatic N) is 2. The molecule has 0 aliphatic rings. The van der Waals surface area contributed by atoms with Gasteiger partial charge in [0.2, 0.25) is 5.91 Å². The number of carbonyl (C=O) groups is 1. The Morgan fingerprint density at radius 1 is 1.07 bits per heavy atom. The van der Waals surface area contributed by atoms with Gasteiger partial charge < -0.3 is 14.8 Å². The van der Waals surface area contributed by atoms with Crippen LogP contribution in [0.5, 0.6) is 11.5 Å². The molecule has 0 saturated carbocycles. The zero-order valence-corrected chi connectivity index (χ0v) is 16.6. The van der Waals surface area contributed by atoms with E-state index in [1.54, 1.807) is 30.9 Å². The molecule has 0 bridgehead atoms. The molecule has 0 radical (unpaired) electrons. The first-order valence-electron chi connectivity index (χ1n) is 9.19. The molecule has 1 unspecified atom stereocenters. The predicted octanol–water partition coefficient (Wildman–Crippen LogP) is 2.72. The van der Waals surface area contributed by atoms with Crippen LogP contribution in [0.4, 0.5) is 0 Å². The molecule has 1 aromatic heterocycles. The Kier molecular flexibility index (Phi) is 5.73. The quantitative estimate of drug-likeness (QED) is 0.681. The van der Waals surface area contributed by atoms with E-state index < -0.39 is 0 Å². The van der Waals surface area contributed by atoms with Crippen LogP contribution in [0.25, 0.3) is 11.0 Å². The fourth-order valence-electron chi connectivity index (χ4n) is 3.42. The lowest BCUT2D eigenvalue weighted by Crippen LogP contribution is -2.34. The van der Waals surface area contributed by atoms with Crippen molar-refractivity contribution in [3.63, 3.8) is 0 Å². The van der Waals surface area contributed by atoms with Gasteiger partial charge in [0.15, 0.2) is 0 Å². The Balaban J connectivity index is 1.85. The average Bonchev–Trinajstić information content (AvgIpc) is 2.98. The Hall–Kier alpha value is -3.22. The maximum atomic E-state index is 12.7. The number of hydrogen-bond donors (Lipinski definition) is 1. The van der Waals surface area contributed by atoms with Gasteiger partial charge in [0.1, 0.15) is 18.0 Å². The van der Waals surface area contributed by atoms with Crippen LogP contribution in [0.3, 0.4) is 0 Å². The number of aryl methyl sites for hydroxylation is 1. The van der Waals surface area contributed by atoms with E-state index in [0.29, 0.717) is 18.0 Å². The molecule has 1 heterocycles. The van der Waals surface area contributed by atoms with Crippen LogP contribution in [0.2, 0.25) is 0 Å². The van der Waals surface area contributed by atoms with Crippen molar-refractivity contribution in [3.8, 4) is 11.5 Å². The lowest BCUT2D eigenvalue weighted by Gasteiger charge is -2.18. The summed E-state index contributed by atoms with van der Waals surface area (Å²) < 4.78 is 13.8. The lowest BCUT2D eigenvalue weighted by atomic mass is 10.1. The van der Waals surface area contributed by atoms with Gasteiger partial charge in [-0.15, -0.1) is 0 Å². The Labute approximate surface area is 163 Å². The third kappa shape index (κ3) is 3.60. The molecule has 0 saturated heterocycles. The summed E-state index contributed by atoms with van der Waals surface area (Å²) in [6.45, 7) is 4.27. The lowest BCUT2D eigenvalue weighted by molar-refractivity contribution is -0.122. The van der Waals surface area contributed by atoms with E-state index in [9.17, 15) is 9.59 Å². The largest absolute Gasteiger partial charge is 0.497 e. The van der Waals surface area contributed by atoms with E-state index in [0.717, 1.165) is 16.6 Å². The fourth-order valence-corrected chi connectivity index (χ4v) is 3.42. The van der Waals surface area contributed by atoms with E-state index in [1.165, 1.54) is 4.57 Å². The van der Waals surface area contributed by atoms with Crippen molar-refractivity contribution in [1.82, 2.24) is 14.5 Å². The molecular formula is C21H25N3O4. The van der Waals surface area contributed by atoms with Gasteiger partial charge in [0.05, 0.1) is 31.3 Å². The average molecular weight is 383 g/mol. The molecule has 3 rings (SSSR count). The van der Waals surface area contributed by atoms with Gasteiger partial charge in [0, 0.05) is 12.1 Å². The number of aromatic nitrogens is 2. The number of ether oxygens (including phenoxy) is 2. The van der Waals surface area contributed by atoms with Crippen molar-refractivity contribution >= 4 is 16.9 Å². The third-order valence-electron chi connectivity index (χ3n) is 4.82. The van der Waals surface area contributed by atoms with Crippen LogP contribution < -0.4 is 20.5 Å². The number of fused-ring (bicyclic) bond motifs is 1. The zero-order chi connectivity index (χ0) is 20.3. The molecule has 148 valence electrons.